The average Bonchev–Trinajstić information content (AvgIpc) is 3.24. The lowest BCUT2D eigenvalue weighted by Gasteiger charge is -2.21. The molecule has 1 aromatic rings. The molecule has 0 radical (unpaired) electrons. The molecule has 0 spiro atoms. The third-order valence-corrected chi connectivity index (χ3v) is 5.61. The van der Waals surface area contributed by atoms with Crippen molar-refractivity contribution in [1.82, 2.24) is 10.3 Å². The Bertz CT molecular complexity index is 726. The summed E-state index contributed by atoms with van der Waals surface area (Å²) in [6.45, 7) is 0.0930. The fourth-order valence-corrected chi connectivity index (χ4v) is 4.23. The first-order valence-corrected chi connectivity index (χ1v) is 8.56. The molecule has 6 heteroatoms. The van der Waals surface area contributed by atoms with Gasteiger partial charge in [0.15, 0.2) is 5.78 Å². The van der Waals surface area contributed by atoms with Crippen molar-refractivity contribution in [2.24, 2.45) is 17.8 Å². The molecule has 0 saturated heterocycles. The Morgan fingerprint density at radius 2 is 2.00 bits per heavy atom. The molecule has 3 saturated carbocycles. The number of hydrogen-bond acceptors (Lipinski definition) is 4. The zero-order valence-electron chi connectivity index (χ0n) is 13.3. The minimum absolute atomic E-state index is 0.0501. The van der Waals surface area contributed by atoms with Crippen molar-refractivity contribution in [3.8, 4) is 0 Å². The van der Waals surface area contributed by atoms with Crippen molar-refractivity contribution in [2.75, 3.05) is 0 Å². The predicted molar refractivity (Wildman–Crippen MR) is 84.7 cm³/mol. The van der Waals surface area contributed by atoms with Crippen LogP contribution in [0.5, 0.6) is 0 Å². The van der Waals surface area contributed by atoms with Gasteiger partial charge in [-0.15, -0.1) is 0 Å². The van der Waals surface area contributed by atoms with Crippen LogP contribution in [-0.4, -0.2) is 27.8 Å². The van der Waals surface area contributed by atoms with E-state index in [1.165, 1.54) is 0 Å². The number of carbonyl (C=O) groups is 3. The summed E-state index contributed by atoms with van der Waals surface area (Å²) in [4.78, 5) is 40.0. The number of ketones is 2. The molecular formula is C18H20N2O4. The Morgan fingerprint density at radius 3 is 2.58 bits per heavy atom. The Morgan fingerprint density at radius 1 is 1.21 bits per heavy atom. The summed E-state index contributed by atoms with van der Waals surface area (Å²) in [6.07, 6.45) is 3.07. The molecule has 6 nitrogen and oxygen atoms in total. The lowest BCUT2D eigenvalue weighted by Crippen LogP contribution is -2.27. The van der Waals surface area contributed by atoms with Crippen LogP contribution in [-0.2, 0) is 11.3 Å². The topological polar surface area (TPSA) is 96.4 Å². The van der Waals surface area contributed by atoms with Gasteiger partial charge in [0.1, 0.15) is 11.5 Å². The predicted octanol–water partition coefficient (Wildman–Crippen LogP) is 2.52. The summed E-state index contributed by atoms with van der Waals surface area (Å²) in [6, 6.07) is 3.72. The highest BCUT2D eigenvalue weighted by molar-refractivity contribution is 6.00. The van der Waals surface area contributed by atoms with Crippen LogP contribution in [0.3, 0.4) is 0 Å². The fourth-order valence-electron chi connectivity index (χ4n) is 4.23. The molecule has 1 amide bonds. The molecule has 2 bridgehead atoms. The summed E-state index contributed by atoms with van der Waals surface area (Å²) >= 11 is 0. The highest BCUT2D eigenvalue weighted by Gasteiger charge is 2.48. The van der Waals surface area contributed by atoms with Crippen LogP contribution in [0.15, 0.2) is 12.1 Å². The number of pyridine rings is 1. The summed E-state index contributed by atoms with van der Waals surface area (Å²) in [5, 5.41) is 11.0. The first-order valence-electron chi connectivity index (χ1n) is 8.56. The molecule has 2 N–H and O–H groups in total. The van der Waals surface area contributed by atoms with Crippen LogP contribution < -0.4 is 5.32 Å². The van der Waals surface area contributed by atoms with Gasteiger partial charge in [0.2, 0.25) is 0 Å². The molecule has 0 aromatic carbocycles. The minimum atomic E-state index is -1.11. The number of fused-ring (bicyclic) bond motifs is 2. The van der Waals surface area contributed by atoms with Crippen molar-refractivity contribution in [3.05, 3.63) is 29.1 Å². The maximum absolute atomic E-state index is 13.1. The van der Waals surface area contributed by atoms with Gasteiger partial charge in [-0.1, -0.05) is 6.07 Å². The van der Waals surface area contributed by atoms with Crippen molar-refractivity contribution < 1.29 is 19.5 Å². The van der Waals surface area contributed by atoms with E-state index < -0.39 is 6.09 Å². The van der Waals surface area contributed by atoms with Crippen LogP contribution in [0, 0.1) is 17.8 Å². The first-order chi connectivity index (χ1) is 11.5. The Labute approximate surface area is 139 Å². The number of carbonyl (C=O) groups excluding carboxylic acids is 2. The van der Waals surface area contributed by atoms with Crippen molar-refractivity contribution >= 4 is 17.7 Å². The lowest BCUT2D eigenvalue weighted by molar-refractivity contribution is -0.122. The van der Waals surface area contributed by atoms with Crippen LogP contribution in [0.1, 0.15) is 59.8 Å². The van der Waals surface area contributed by atoms with E-state index in [-0.39, 0.29) is 30.1 Å². The van der Waals surface area contributed by atoms with Crippen molar-refractivity contribution in [2.45, 2.75) is 44.6 Å². The second-order valence-corrected chi connectivity index (χ2v) is 7.24. The maximum Gasteiger partial charge on any atom is 0.404 e. The molecule has 24 heavy (non-hydrogen) atoms. The van der Waals surface area contributed by atoms with Crippen molar-refractivity contribution in [3.63, 3.8) is 0 Å². The van der Waals surface area contributed by atoms with E-state index in [1.807, 2.05) is 6.07 Å². The lowest BCUT2D eigenvalue weighted by atomic mass is 9.83. The molecule has 3 aliphatic carbocycles. The SMILES string of the molecule is O=C(O)NCc1ccc(C2CC2)c(C(=O)C2CC3CC2CC3=O)n1. The molecular weight excluding hydrogens is 308 g/mol. The summed E-state index contributed by atoms with van der Waals surface area (Å²) in [5.74, 6) is 0.890. The molecule has 3 unspecified atom stereocenters. The van der Waals surface area contributed by atoms with Gasteiger partial charge in [-0.25, -0.2) is 9.78 Å². The molecule has 126 valence electrons. The van der Waals surface area contributed by atoms with E-state index in [0.717, 1.165) is 24.8 Å². The van der Waals surface area contributed by atoms with E-state index in [4.69, 9.17) is 5.11 Å². The fraction of sp³-hybridized carbons (Fsp3) is 0.556. The van der Waals surface area contributed by atoms with Gasteiger partial charge in [-0.3, -0.25) is 9.59 Å². The molecule has 4 rings (SSSR count). The first kappa shape index (κ1) is 15.3. The minimum Gasteiger partial charge on any atom is -0.465 e. The number of hydrogen-bond donors (Lipinski definition) is 2. The number of aromatic nitrogens is 1. The number of rotatable bonds is 5. The Hall–Kier alpha value is -2.24. The normalized spacial score (nSPS) is 28.2. The van der Waals surface area contributed by atoms with Crippen LogP contribution in [0.2, 0.25) is 0 Å². The van der Waals surface area contributed by atoms with E-state index >= 15 is 0 Å². The maximum atomic E-state index is 13.1. The van der Waals surface area contributed by atoms with Crippen LogP contribution >= 0.6 is 0 Å². The second kappa shape index (κ2) is 5.69. The van der Waals surface area contributed by atoms with E-state index in [9.17, 15) is 14.4 Å². The van der Waals surface area contributed by atoms with Gasteiger partial charge in [0, 0.05) is 18.3 Å². The van der Waals surface area contributed by atoms with Gasteiger partial charge in [0.05, 0.1) is 12.2 Å². The molecule has 3 aliphatic rings. The highest BCUT2D eigenvalue weighted by atomic mass is 16.4. The Balaban J connectivity index is 1.60. The molecule has 3 fully saturated rings. The third-order valence-electron chi connectivity index (χ3n) is 5.61. The van der Waals surface area contributed by atoms with Crippen molar-refractivity contribution in [1.29, 1.82) is 0 Å². The number of carboxylic acid groups (broad SMARTS) is 1. The van der Waals surface area contributed by atoms with Gasteiger partial charge in [0.25, 0.3) is 0 Å². The largest absolute Gasteiger partial charge is 0.465 e. The zero-order chi connectivity index (χ0) is 16.8. The van der Waals surface area contributed by atoms with Crippen LogP contribution in [0.25, 0.3) is 0 Å². The second-order valence-electron chi connectivity index (χ2n) is 7.24. The summed E-state index contributed by atoms with van der Waals surface area (Å²) in [5.41, 5.74) is 2.06. The standard InChI is InChI=1S/C18H20N2O4/c21-15-7-10-5-11(15)6-14(10)17(22)16-13(9-1-2-9)4-3-12(20-16)8-19-18(23)24/h3-4,9-11,14,19H,1-2,5-8H2,(H,23,24). The molecule has 0 aliphatic heterocycles. The number of nitrogens with one attached hydrogen (secondary N) is 1. The van der Waals surface area contributed by atoms with E-state index in [0.29, 0.717) is 35.9 Å². The smallest absolute Gasteiger partial charge is 0.404 e. The average molecular weight is 328 g/mol. The Kier molecular flexibility index (Phi) is 3.62. The van der Waals surface area contributed by atoms with Gasteiger partial charge >= 0.3 is 6.09 Å². The third kappa shape index (κ3) is 2.70. The van der Waals surface area contributed by atoms with Gasteiger partial charge in [-0.05, 0) is 49.1 Å². The summed E-state index contributed by atoms with van der Waals surface area (Å²) in [7, 11) is 0. The molecule has 1 aromatic heterocycles. The zero-order valence-corrected chi connectivity index (χ0v) is 13.3. The van der Waals surface area contributed by atoms with Gasteiger partial charge in [-0.2, -0.15) is 0 Å². The monoisotopic (exact) mass is 328 g/mol. The highest BCUT2D eigenvalue weighted by Crippen LogP contribution is 2.48. The molecule has 1 heterocycles. The number of amides is 1. The van der Waals surface area contributed by atoms with E-state index in [1.54, 1.807) is 6.07 Å². The quantitative estimate of drug-likeness (QED) is 0.810. The van der Waals surface area contributed by atoms with Gasteiger partial charge < -0.3 is 10.4 Å². The molecule has 3 atom stereocenters. The van der Waals surface area contributed by atoms with E-state index in [2.05, 4.69) is 10.3 Å². The number of Topliss-reactive ketones (excluding diaryl/α,β-unsaturated/α-hetero) is 2. The summed E-state index contributed by atoms with van der Waals surface area (Å²) < 4.78 is 0. The number of nitrogens with zero attached hydrogens (tertiary/aromatic N) is 1. The van der Waals surface area contributed by atoms with Crippen LogP contribution in [0.4, 0.5) is 4.79 Å².